The second kappa shape index (κ2) is 7.25. The number of aryl methyl sites for hydroxylation is 1. The lowest BCUT2D eigenvalue weighted by Gasteiger charge is -2.26. The highest BCUT2D eigenvalue weighted by Crippen LogP contribution is 2.36. The van der Waals surface area contributed by atoms with Crippen molar-refractivity contribution >= 4 is 17.3 Å². The summed E-state index contributed by atoms with van der Waals surface area (Å²) in [4.78, 5) is 25.5. The van der Waals surface area contributed by atoms with Gasteiger partial charge in [-0.15, -0.1) is 0 Å². The molecule has 1 aromatic heterocycles. The van der Waals surface area contributed by atoms with Crippen molar-refractivity contribution in [2.75, 3.05) is 39.5 Å². The Bertz CT molecular complexity index is 851. The first kappa shape index (κ1) is 17.4. The number of hydrogen-bond donors (Lipinski definition) is 1. The standard InChI is InChI=1S/C18H21NO6/c1-11-12(2)18(22)25-17-13(11)9-15(16(21)14(17)10-20)24-8-5-19-3-6-23-7-4-19/h9-10,21H,3-8H2,1-2H3. The van der Waals surface area contributed by atoms with E-state index in [0.29, 0.717) is 49.2 Å². The van der Waals surface area contributed by atoms with Gasteiger partial charge in [-0.2, -0.15) is 0 Å². The third-order valence-electron chi connectivity index (χ3n) is 4.61. The van der Waals surface area contributed by atoms with Crippen LogP contribution in [0.1, 0.15) is 21.5 Å². The summed E-state index contributed by atoms with van der Waals surface area (Å²) in [6, 6.07) is 1.61. The van der Waals surface area contributed by atoms with Gasteiger partial charge in [0.25, 0.3) is 0 Å². The molecule has 0 atom stereocenters. The van der Waals surface area contributed by atoms with Crippen LogP contribution in [0.5, 0.6) is 11.5 Å². The number of phenolic OH excluding ortho intramolecular Hbond substituents is 1. The zero-order valence-corrected chi connectivity index (χ0v) is 14.3. The molecule has 1 N–H and O–H groups in total. The molecule has 1 aliphatic rings. The largest absolute Gasteiger partial charge is 0.504 e. The number of hydrogen-bond acceptors (Lipinski definition) is 7. The SMILES string of the molecule is Cc1c(C)c2cc(OCCN3CCOCC3)c(O)c(C=O)c2oc1=O. The Kier molecular flexibility index (Phi) is 5.06. The molecule has 7 nitrogen and oxygen atoms in total. The van der Waals surface area contributed by atoms with Crippen LogP contribution in [0.4, 0.5) is 0 Å². The Balaban J connectivity index is 1.91. The first-order valence-electron chi connectivity index (χ1n) is 8.21. The number of fused-ring (bicyclic) bond motifs is 1. The lowest BCUT2D eigenvalue weighted by molar-refractivity contribution is 0.0321. The van der Waals surface area contributed by atoms with E-state index in [9.17, 15) is 14.7 Å². The fourth-order valence-electron chi connectivity index (χ4n) is 2.89. The van der Waals surface area contributed by atoms with E-state index in [2.05, 4.69) is 4.90 Å². The van der Waals surface area contributed by atoms with Crippen LogP contribution >= 0.6 is 0 Å². The highest BCUT2D eigenvalue weighted by Gasteiger charge is 2.19. The van der Waals surface area contributed by atoms with E-state index in [4.69, 9.17) is 13.9 Å². The first-order valence-corrected chi connectivity index (χ1v) is 8.21. The fourth-order valence-corrected chi connectivity index (χ4v) is 2.89. The van der Waals surface area contributed by atoms with E-state index in [1.54, 1.807) is 19.9 Å². The third kappa shape index (κ3) is 3.38. The topological polar surface area (TPSA) is 89.2 Å². The number of carbonyl (C=O) groups excluding carboxylic acids is 1. The minimum Gasteiger partial charge on any atom is -0.504 e. The Morgan fingerprint density at radius 2 is 2.00 bits per heavy atom. The molecule has 2 heterocycles. The molecule has 2 aromatic rings. The van der Waals surface area contributed by atoms with Crippen molar-refractivity contribution in [3.8, 4) is 11.5 Å². The molecule has 1 aliphatic heterocycles. The van der Waals surface area contributed by atoms with E-state index in [0.717, 1.165) is 13.1 Å². The molecule has 0 amide bonds. The summed E-state index contributed by atoms with van der Waals surface area (Å²) >= 11 is 0. The monoisotopic (exact) mass is 347 g/mol. The predicted octanol–water partition coefficient (Wildman–Crippen LogP) is 1.64. The van der Waals surface area contributed by atoms with E-state index in [-0.39, 0.29) is 22.6 Å². The molecule has 0 aliphatic carbocycles. The van der Waals surface area contributed by atoms with Crippen molar-refractivity contribution in [2.24, 2.45) is 0 Å². The van der Waals surface area contributed by atoms with Gasteiger partial charge in [0.2, 0.25) is 0 Å². The van der Waals surface area contributed by atoms with Gasteiger partial charge in [-0.25, -0.2) is 4.79 Å². The van der Waals surface area contributed by atoms with Gasteiger partial charge in [-0.05, 0) is 25.5 Å². The molecule has 3 rings (SSSR count). The maximum absolute atomic E-state index is 11.9. The minimum atomic E-state index is -0.520. The van der Waals surface area contributed by atoms with E-state index in [1.807, 2.05) is 0 Å². The molecule has 25 heavy (non-hydrogen) atoms. The van der Waals surface area contributed by atoms with E-state index in [1.165, 1.54) is 0 Å². The summed E-state index contributed by atoms with van der Waals surface area (Å²) in [5.41, 5.74) is 0.662. The lowest BCUT2D eigenvalue weighted by atomic mass is 10.0. The average molecular weight is 347 g/mol. The molecule has 134 valence electrons. The van der Waals surface area contributed by atoms with Gasteiger partial charge in [-0.3, -0.25) is 9.69 Å². The number of benzene rings is 1. The molecule has 7 heteroatoms. The van der Waals surface area contributed by atoms with Crippen LogP contribution in [-0.4, -0.2) is 55.7 Å². The Hall–Kier alpha value is -2.38. The number of rotatable bonds is 5. The normalized spacial score (nSPS) is 15.4. The van der Waals surface area contributed by atoms with Crippen LogP contribution in [0.3, 0.4) is 0 Å². The van der Waals surface area contributed by atoms with Gasteiger partial charge in [0.1, 0.15) is 12.2 Å². The smallest absolute Gasteiger partial charge is 0.339 e. The van der Waals surface area contributed by atoms with Crippen LogP contribution in [0.15, 0.2) is 15.3 Å². The van der Waals surface area contributed by atoms with Crippen LogP contribution in [0.25, 0.3) is 11.0 Å². The quantitative estimate of drug-likeness (QED) is 0.649. The van der Waals surface area contributed by atoms with Crippen molar-refractivity contribution in [1.82, 2.24) is 4.90 Å². The van der Waals surface area contributed by atoms with Crippen molar-refractivity contribution < 1.29 is 23.8 Å². The second-order valence-electron chi connectivity index (χ2n) is 6.07. The van der Waals surface area contributed by atoms with E-state index >= 15 is 0 Å². The summed E-state index contributed by atoms with van der Waals surface area (Å²) in [5.74, 6) is -0.102. The zero-order valence-electron chi connectivity index (χ0n) is 14.3. The second-order valence-corrected chi connectivity index (χ2v) is 6.07. The summed E-state index contributed by atoms with van der Waals surface area (Å²) in [7, 11) is 0. The summed E-state index contributed by atoms with van der Waals surface area (Å²) < 4.78 is 16.2. The van der Waals surface area contributed by atoms with Crippen molar-refractivity contribution in [2.45, 2.75) is 13.8 Å². The van der Waals surface area contributed by atoms with Gasteiger partial charge in [0.15, 0.2) is 23.4 Å². The molecule has 1 aromatic carbocycles. The maximum Gasteiger partial charge on any atom is 0.339 e. The van der Waals surface area contributed by atoms with Crippen LogP contribution in [0, 0.1) is 13.8 Å². The van der Waals surface area contributed by atoms with E-state index < -0.39 is 5.63 Å². The molecule has 0 spiro atoms. The van der Waals surface area contributed by atoms with Crippen LogP contribution in [-0.2, 0) is 4.74 Å². The Morgan fingerprint density at radius 1 is 1.28 bits per heavy atom. The average Bonchev–Trinajstić information content (AvgIpc) is 2.62. The zero-order chi connectivity index (χ0) is 18.0. The van der Waals surface area contributed by atoms with Crippen LogP contribution in [0.2, 0.25) is 0 Å². The van der Waals surface area contributed by atoms with Crippen LogP contribution < -0.4 is 10.4 Å². The molecule has 0 bridgehead atoms. The molecule has 1 saturated heterocycles. The van der Waals surface area contributed by atoms with Crippen molar-refractivity contribution in [3.63, 3.8) is 0 Å². The maximum atomic E-state index is 11.9. The molecule has 0 saturated carbocycles. The third-order valence-corrected chi connectivity index (χ3v) is 4.61. The van der Waals surface area contributed by atoms with Crippen molar-refractivity contribution in [3.05, 3.63) is 33.2 Å². The Morgan fingerprint density at radius 3 is 2.68 bits per heavy atom. The number of ether oxygens (including phenoxy) is 2. The van der Waals surface area contributed by atoms with Gasteiger partial charge >= 0.3 is 5.63 Å². The summed E-state index contributed by atoms with van der Waals surface area (Å²) in [6.07, 6.45) is 0.476. The highest BCUT2D eigenvalue weighted by atomic mass is 16.5. The fraction of sp³-hybridized carbons (Fsp3) is 0.444. The van der Waals surface area contributed by atoms with Gasteiger partial charge in [0, 0.05) is 30.6 Å². The first-order chi connectivity index (χ1) is 12.0. The van der Waals surface area contributed by atoms with Crippen molar-refractivity contribution in [1.29, 1.82) is 0 Å². The molecule has 0 unspecified atom stereocenters. The summed E-state index contributed by atoms with van der Waals surface area (Å²) in [5, 5.41) is 10.9. The molecule has 0 radical (unpaired) electrons. The van der Waals surface area contributed by atoms with Gasteiger partial charge in [0.05, 0.1) is 13.2 Å². The predicted molar refractivity (Wildman–Crippen MR) is 91.8 cm³/mol. The number of phenols is 1. The van der Waals surface area contributed by atoms with Gasteiger partial charge < -0.3 is 19.0 Å². The number of aldehydes is 1. The Labute approximate surface area is 144 Å². The summed E-state index contributed by atoms with van der Waals surface area (Å²) in [6.45, 7) is 7.59. The molecular weight excluding hydrogens is 326 g/mol. The number of nitrogens with zero attached hydrogens (tertiary/aromatic N) is 1. The molecular formula is C18H21NO6. The number of carbonyl (C=O) groups is 1. The molecule has 1 fully saturated rings. The highest BCUT2D eigenvalue weighted by molar-refractivity contribution is 6.00. The minimum absolute atomic E-state index is 0.0703. The number of morpholine rings is 1. The number of aromatic hydroxyl groups is 1. The van der Waals surface area contributed by atoms with Gasteiger partial charge in [-0.1, -0.05) is 0 Å². The lowest BCUT2D eigenvalue weighted by Crippen LogP contribution is -2.38.